The molecule has 1 aromatic carbocycles. The standard InChI is InChI=1S/C9H12S3/c10-6-7-11-8-12-9-4-2-1-3-5-9/h1-5,10H,6-8H2. The summed E-state index contributed by atoms with van der Waals surface area (Å²) < 4.78 is 0. The number of hydrogen-bond acceptors (Lipinski definition) is 3. The Morgan fingerprint density at radius 1 is 1.17 bits per heavy atom. The van der Waals surface area contributed by atoms with Crippen LogP contribution in [-0.4, -0.2) is 16.6 Å². The average molecular weight is 216 g/mol. The van der Waals surface area contributed by atoms with Gasteiger partial charge in [-0.25, -0.2) is 0 Å². The van der Waals surface area contributed by atoms with E-state index in [4.69, 9.17) is 0 Å². The Kier molecular flexibility index (Phi) is 5.82. The van der Waals surface area contributed by atoms with Crippen LogP contribution in [0.3, 0.4) is 0 Å². The lowest BCUT2D eigenvalue weighted by Crippen LogP contribution is -1.79. The van der Waals surface area contributed by atoms with E-state index in [-0.39, 0.29) is 0 Å². The summed E-state index contributed by atoms with van der Waals surface area (Å²) in [5, 5.41) is 1.13. The molecule has 0 saturated carbocycles. The van der Waals surface area contributed by atoms with Crippen LogP contribution < -0.4 is 0 Å². The predicted molar refractivity (Wildman–Crippen MR) is 63.5 cm³/mol. The minimum absolute atomic E-state index is 0.972. The van der Waals surface area contributed by atoms with E-state index >= 15 is 0 Å². The van der Waals surface area contributed by atoms with Crippen molar-refractivity contribution in [1.29, 1.82) is 0 Å². The summed E-state index contributed by atoms with van der Waals surface area (Å²) in [4.78, 5) is 1.35. The first kappa shape index (κ1) is 10.4. The van der Waals surface area contributed by atoms with E-state index in [1.165, 1.54) is 4.90 Å². The molecule has 66 valence electrons. The van der Waals surface area contributed by atoms with Gasteiger partial charge >= 0.3 is 0 Å². The van der Waals surface area contributed by atoms with Gasteiger partial charge in [0, 0.05) is 15.7 Å². The van der Waals surface area contributed by atoms with Crippen LogP contribution in [0.15, 0.2) is 35.2 Å². The molecule has 0 amide bonds. The summed E-state index contributed by atoms with van der Waals surface area (Å²) in [6.07, 6.45) is 0. The van der Waals surface area contributed by atoms with Gasteiger partial charge in [0.1, 0.15) is 0 Å². The molecule has 0 aromatic heterocycles. The molecular formula is C9H12S3. The molecule has 0 spiro atoms. The fourth-order valence-electron chi connectivity index (χ4n) is 0.750. The lowest BCUT2D eigenvalue weighted by atomic mass is 10.4. The fraction of sp³-hybridized carbons (Fsp3) is 0.333. The third-order valence-corrected chi connectivity index (χ3v) is 4.05. The molecule has 0 heterocycles. The number of thiol groups is 1. The SMILES string of the molecule is SCCSCSc1ccccc1. The Bertz CT molecular complexity index is 198. The normalized spacial score (nSPS) is 10.1. The summed E-state index contributed by atoms with van der Waals surface area (Å²) in [7, 11) is 0. The van der Waals surface area contributed by atoms with E-state index in [0.29, 0.717) is 0 Å². The Morgan fingerprint density at radius 2 is 1.92 bits per heavy atom. The monoisotopic (exact) mass is 216 g/mol. The second-order valence-electron chi connectivity index (χ2n) is 2.21. The lowest BCUT2D eigenvalue weighted by molar-refractivity contribution is 1.47. The molecule has 0 nitrogen and oxygen atoms in total. The van der Waals surface area contributed by atoms with Crippen LogP contribution in [0.25, 0.3) is 0 Å². The fourth-order valence-corrected chi connectivity index (χ4v) is 2.96. The highest BCUT2D eigenvalue weighted by Gasteiger charge is 1.91. The Balaban J connectivity index is 2.16. The highest BCUT2D eigenvalue weighted by Crippen LogP contribution is 2.21. The Labute approximate surface area is 87.9 Å². The van der Waals surface area contributed by atoms with Crippen molar-refractivity contribution in [2.75, 3.05) is 16.6 Å². The van der Waals surface area contributed by atoms with Gasteiger partial charge in [0.05, 0.1) is 0 Å². The zero-order valence-electron chi connectivity index (χ0n) is 6.77. The molecule has 0 saturated heterocycles. The molecule has 0 aliphatic carbocycles. The van der Waals surface area contributed by atoms with Crippen molar-refractivity contribution in [2.45, 2.75) is 4.90 Å². The van der Waals surface area contributed by atoms with E-state index in [1.54, 1.807) is 0 Å². The maximum absolute atomic E-state index is 4.15. The van der Waals surface area contributed by atoms with Crippen LogP contribution in [0.1, 0.15) is 0 Å². The van der Waals surface area contributed by atoms with E-state index < -0.39 is 0 Å². The zero-order valence-corrected chi connectivity index (χ0v) is 9.30. The third kappa shape index (κ3) is 4.33. The second kappa shape index (κ2) is 6.75. The molecule has 0 unspecified atom stereocenters. The van der Waals surface area contributed by atoms with Crippen LogP contribution in [0.5, 0.6) is 0 Å². The largest absolute Gasteiger partial charge is 0.179 e. The predicted octanol–water partition coefficient (Wildman–Crippen LogP) is 3.40. The third-order valence-electron chi connectivity index (χ3n) is 1.29. The van der Waals surface area contributed by atoms with Crippen molar-refractivity contribution < 1.29 is 0 Å². The topological polar surface area (TPSA) is 0 Å². The van der Waals surface area contributed by atoms with Gasteiger partial charge in [-0.15, -0.1) is 23.5 Å². The first-order valence-corrected chi connectivity index (χ1v) is 6.57. The summed E-state index contributed by atoms with van der Waals surface area (Å²) in [5.74, 6) is 2.11. The highest BCUT2D eigenvalue weighted by atomic mass is 32.2. The molecule has 0 aliphatic heterocycles. The van der Waals surface area contributed by atoms with E-state index in [9.17, 15) is 0 Å². The van der Waals surface area contributed by atoms with Gasteiger partial charge in [0.15, 0.2) is 0 Å². The van der Waals surface area contributed by atoms with Crippen molar-refractivity contribution >= 4 is 36.2 Å². The summed E-state index contributed by atoms with van der Waals surface area (Å²) in [6, 6.07) is 10.5. The van der Waals surface area contributed by atoms with E-state index in [0.717, 1.165) is 16.6 Å². The number of rotatable bonds is 5. The minimum Gasteiger partial charge on any atom is -0.179 e. The second-order valence-corrected chi connectivity index (χ2v) is 5.17. The molecular weight excluding hydrogens is 204 g/mol. The first-order valence-electron chi connectivity index (χ1n) is 3.80. The van der Waals surface area contributed by atoms with Crippen LogP contribution in [0.2, 0.25) is 0 Å². The molecule has 0 bridgehead atoms. The summed E-state index contributed by atoms with van der Waals surface area (Å²) in [6.45, 7) is 0. The molecule has 12 heavy (non-hydrogen) atoms. The Hall–Kier alpha value is 0.270. The van der Waals surface area contributed by atoms with E-state index in [1.807, 2.05) is 29.6 Å². The molecule has 0 aliphatic rings. The van der Waals surface area contributed by atoms with Crippen LogP contribution in [0, 0.1) is 0 Å². The molecule has 0 atom stereocenters. The molecule has 0 fully saturated rings. The van der Waals surface area contributed by atoms with Crippen molar-refractivity contribution in [3.63, 3.8) is 0 Å². The van der Waals surface area contributed by atoms with Gasteiger partial charge in [-0.1, -0.05) is 18.2 Å². The summed E-state index contributed by atoms with van der Waals surface area (Å²) >= 11 is 7.97. The van der Waals surface area contributed by atoms with Gasteiger partial charge in [-0.3, -0.25) is 0 Å². The number of hydrogen-bond donors (Lipinski definition) is 1. The quantitative estimate of drug-likeness (QED) is 0.347. The zero-order chi connectivity index (χ0) is 8.65. The summed E-state index contributed by atoms with van der Waals surface area (Å²) in [5.41, 5.74) is 0. The van der Waals surface area contributed by atoms with Gasteiger partial charge in [0.25, 0.3) is 0 Å². The Morgan fingerprint density at radius 3 is 2.58 bits per heavy atom. The molecule has 0 N–H and O–H groups in total. The van der Waals surface area contributed by atoms with Crippen molar-refractivity contribution in [3.05, 3.63) is 30.3 Å². The smallest absolute Gasteiger partial charge is 0.0439 e. The number of thioether (sulfide) groups is 2. The number of benzene rings is 1. The van der Waals surface area contributed by atoms with Gasteiger partial charge in [-0.2, -0.15) is 12.6 Å². The van der Waals surface area contributed by atoms with Crippen LogP contribution in [0.4, 0.5) is 0 Å². The van der Waals surface area contributed by atoms with Crippen molar-refractivity contribution in [3.8, 4) is 0 Å². The van der Waals surface area contributed by atoms with Crippen LogP contribution in [-0.2, 0) is 0 Å². The lowest BCUT2D eigenvalue weighted by Gasteiger charge is -1.99. The molecule has 1 rings (SSSR count). The average Bonchev–Trinajstić information content (AvgIpc) is 2.14. The molecule has 1 aromatic rings. The first-order chi connectivity index (χ1) is 5.93. The van der Waals surface area contributed by atoms with Crippen molar-refractivity contribution in [2.24, 2.45) is 0 Å². The highest BCUT2D eigenvalue weighted by molar-refractivity contribution is 8.16. The van der Waals surface area contributed by atoms with Gasteiger partial charge in [0.2, 0.25) is 0 Å². The van der Waals surface area contributed by atoms with Crippen LogP contribution >= 0.6 is 36.2 Å². The van der Waals surface area contributed by atoms with Gasteiger partial charge < -0.3 is 0 Å². The maximum Gasteiger partial charge on any atom is 0.0439 e. The molecule has 3 heteroatoms. The van der Waals surface area contributed by atoms with Gasteiger partial charge in [-0.05, 0) is 17.9 Å². The minimum atomic E-state index is 0.972. The maximum atomic E-state index is 4.15. The molecule has 0 radical (unpaired) electrons. The van der Waals surface area contributed by atoms with E-state index in [2.05, 4.69) is 36.9 Å². The van der Waals surface area contributed by atoms with Crippen molar-refractivity contribution in [1.82, 2.24) is 0 Å².